The average Bonchev–Trinajstić information content (AvgIpc) is 2.93. The molecule has 3 heterocycles. The number of benzene rings is 2. The molecule has 12 heteroatoms. The Hall–Kier alpha value is -3.70. The Morgan fingerprint density at radius 2 is 1.25 bits per heavy atom. The molecule has 2 fully saturated rings. The monoisotopic (exact) mass is 565 g/mol. The van der Waals surface area contributed by atoms with Gasteiger partial charge < -0.3 is 19.9 Å². The van der Waals surface area contributed by atoms with Crippen LogP contribution in [0.25, 0.3) is 0 Å². The first-order chi connectivity index (χ1) is 19.0. The molecule has 0 spiro atoms. The summed E-state index contributed by atoms with van der Waals surface area (Å²) in [6, 6.07) is 12.2. The van der Waals surface area contributed by atoms with Crippen LogP contribution in [-0.2, 0) is 12.4 Å². The van der Waals surface area contributed by atoms with E-state index in [1.54, 1.807) is 0 Å². The zero-order valence-electron chi connectivity index (χ0n) is 21.5. The van der Waals surface area contributed by atoms with Crippen molar-refractivity contribution in [1.82, 2.24) is 9.97 Å². The number of rotatable bonds is 6. The summed E-state index contributed by atoms with van der Waals surface area (Å²) in [4.78, 5) is 12.8. The predicted molar refractivity (Wildman–Crippen MR) is 140 cm³/mol. The SMILES string of the molecule is FC(F)(F)c1ccc(NC2CCN(c3cc(OC4CCN(c5ccc(C(F)(F)F)cc5)CC4)ncn3)CC2)cc1. The Balaban J connectivity index is 1.09. The Labute approximate surface area is 228 Å². The van der Waals surface area contributed by atoms with Gasteiger partial charge in [0.2, 0.25) is 5.88 Å². The molecular formula is C28H29F6N5O. The lowest BCUT2D eigenvalue weighted by molar-refractivity contribution is -0.138. The fraction of sp³-hybridized carbons (Fsp3) is 0.429. The summed E-state index contributed by atoms with van der Waals surface area (Å²) in [6.07, 6.45) is -4.29. The van der Waals surface area contributed by atoms with Crippen molar-refractivity contribution in [2.45, 2.75) is 50.2 Å². The highest BCUT2D eigenvalue weighted by Gasteiger charge is 2.31. The normalized spacial score (nSPS) is 17.6. The van der Waals surface area contributed by atoms with E-state index in [9.17, 15) is 26.3 Å². The summed E-state index contributed by atoms with van der Waals surface area (Å²) < 4.78 is 83.0. The number of hydrogen-bond donors (Lipinski definition) is 1. The lowest BCUT2D eigenvalue weighted by Crippen LogP contribution is -2.39. The Kier molecular flexibility index (Phi) is 7.95. The fourth-order valence-corrected chi connectivity index (χ4v) is 5.08. The molecule has 0 radical (unpaired) electrons. The number of anilines is 3. The van der Waals surface area contributed by atoms with Crippen molar-refractivity contribution in [3.05, 3.63) is 72.1 Å². The first-order valence-corrected chi connectivity index (χ1v) is 13.1. The molecule has 0 bridgehead atoms. The van der Waals surface area contributed by atoms with Crippen LogP contribution in [0, 0.1) is 0 Å². The molecule has 2 aliphatic rings. The molecule has 1 aromatic heterocycles. The van der Waals surface area contributed by atoms with E-state index in [1.165, 1.54) is 30.6 Å². The van der Waals surface area contributed by atoms with E-state index in [0.29, 0.717) is 37.5 Å². The first-order valence-electron chi connectivity index (χ1n) is 13.1. The van der Waals surface area contributed by atoms with Gasteiger partial charge in [-0.15, -0.1) is 0 Å². The summed E-state index contributed by atoms with van der Waals surface area (Å²) in [7, 11) is 0. The van der Waals surface area contributed by atoms with Crippen LogP contribution in [0.3, 0.4) is 0 Å². The second-order valence-corrected chi connectivity index (χ2v) is 10.0. The van der Waals surface area contributed by atoms with Crippen molar-refractivity contribution in [3.63, 3.8) is 0 Å². The van der Waals surface area contributed by atoms with Gasteiger partial charge >= 0.3 is 12.4 Å². The van der Waals surface area contributed by atoms with Gasteiger partial charge in [-0.2, -0.15) is 26.3 Å². The molecule has 214 valence electrons. The smallest absolute Gasteiger partial charge is 0.416 e. The largest absolute Gasteiger partial charge is 0.474 e. The quantitative estimate of drug-likeness (QED) is 0.338. The van der Waals surface area contributed by atoms with E-state index >= 15 is 0 Å². The van der Waals surface area contributed by atoms with E-state index in [-0.39, 0.29) is 12.1 Å². The van der Waals surface area contributed by atoms with Gasteiger partial charge in [0.05, 0.1) is 11.1 Å². The molecule has 3 aromatic rings. The van der Waals surface area contributed by atoms with Crippen LogP contribution in [-0.4, -0.2) is 48.3 Å². The molecule has 0 unspecified atom stereocenters. The van der Waals surface area contributed by atoms with E-state index in [4.69, 9.17) is 4.74 Å². The highest BCUT2D eigenvalue weighted by molar-refractivity contribution is 5.49. The Morgan fingerprint density at radius 3 is 1.82 bits per heavy atom. The highest BCUT2D eigenvalue weighted by Crippen LogP contribution is 2.32. The first kappa shape index (κ1) is 27.9. The molecule has 6 nitrogen and oxygen atoms in total. The molecule has 2 aliphatic heterocycles. The Bertz CT molecular complexity index is 1250. The van der Waals surface area contributed by atoms with Crippen LogP contribution in [0.2, 0.25) is 0 Å². The molecule has 0 aliphatic carbocycles. The zero-order chi connectivity index (χ0) is 28.3. The van der Waals surface area contributed by atoms with Gasteiger partial charge in [-0.25, -0.2) is 9.97 Å². The number of aromatic nitrogens is 2. The van der Waals surface area contributed by atoms with E-state index in [2.05, 4.69) is 20.2 Å². The number of halogens is 6. The van der Waals surface area contributed by atoms with Crippen LogP contribution in [0.5, 0.6) is 5.88 Å². The summed E-state index contributed by atoms with van der Waals surface area (Å²) in [5, 5.41) is 3.32. The third-order valence-corrected chi connectivity index (χ3v) is 7.32. The minimum absolute atomic E-state index is 0.0629. The van der Waals surface area contributed by atoms with Crippen LogP contribution in [0.4, 0.5) is 43.5 Å². The zero-order valence-corrected chi connectivity index (χ0v) is 21.5. The second-order valence-electron chi connectivity index (χ2n) is 10.0. The van der Waals surface area contributed by atoms with E-state index in [0.717, 1.165) is 61.7 Å². The van der Waals surface area contributed by atoms with Crippen LogP contribution in [0.1, 0.15) is 36.8 Å². The molecular weight excluding hydrogens is 536 g/mol. The summed E-state index contributed by atoms with van der Waals surface area (Å²) in [6.45, 7) is 2.77. The number of piperidine rings is 2. The van der Waals surface area contributed by atoms with Gasteiger partial charge in [0.15, 0.2) is 0 Å². The summed E-state index contributed by atoms with van der Waals surface area (Å²) >= 11 is 0. The lowest BCUT2D eigenvalue weighted by atomic mass is 10.0. The maximum absolute atomic E-state index is 12.8. The fourth-order valence-electron chi connectivity index (χ4n) is 5.08. The maximum atomic E-state index is 12.8. The topological polar surface area (TPSA) is 53.5 Å². The predicted octanol–water partition coefficient (Wildman–Crippen LogP) is 6.64. The number of ether oxygens (including phenoxy) is 1. The van der Waals surface area contributed by atoms with Gasteiger partial charge in [0.1, 0.15) is 18.2 Å². The Morgan fingerprint density at radius 1 is 0.700 bits per heavy atom. The van der Waals surface area contributed by atoms with Crippen LogP contribution in [0.15, 0.2) is 60.9 Å². The minimum Gasteiger partial charge on any atom is -0.474 e. The van der Waals surface area contributed by atoms with Crippen molar-refractivity contribution in [2.75, 3.05) is 41.3 Å². The van der Waals surface area contributed by atoms with Gasteiger partial charge in [-0.3, -0.25) is 0 Å². The van der Waals surface area contributed by atoms with Crippen molar-refractivity contribution in [3.8, 4) is 5.88 Å². The molecule has 0 amide bonds. The molecule has 2 saturated heterocycles. The average molecular weight is 566 g/mol. The van der Waals surface area contributed by atoms with E-state index < -0.39 is 23.5 Å². The number of nitrogens with zero attached hydrogens (tertiary/aromatic N) is 4. The van der Waals surface area contributed by atoms with Crippen molar-refractivity contribution in [1.29, 1.82) is 0 Å². The third-order valence-electron chi connectivity index (χ3n) is 7.32. The highest BCUT2D eigenvalue weighted by atomic mass is 19.4. The van der Waals surface area contributed by atoms with Gasteiger partial charge in [0, 0.05) is 62.5 Å². The van der Waals surface area contributed by atoms with E-state index in [1.807, 2.05) is 11.0 Å². The molecule has 0 atom stereocenters. The molecule has 0 saturated carbocycles. The summed E-state index contributed by atoms with van der Waals surface area (Å²) in [5.41, 5.74) is 0.0913. The van der Waals surface area contributed by atoms with Gasteiger partial charge in [-0.1, -0.05) is 0 Å². The molecule has 1 N–H and O–H groups in total. The maximum Gasteiger partial charge on any atom is 0.416 e. The lowest BCUT2D eigenvalue weighted by Gasteiger charge is -2.34. The van der Waals surface area contributed by atoms with Crippen LogP contribution < -0.4 is 19.9 Å². The number of nitrogens with one attached hydrogen (secondary N) is 1. The van der Waals surface area contributed by atoms with Crippen molar-refractivity contribution < 1.29 is 31.1 Å². The van der Waals surface area contributed by atoms with Crippen molar-refractivity contribution in [2.24, 2.45) is 0 Å². The second kappa shape index (κ2) is 11.4. The molecule has 2 aromatic carbocycles. The van der Waals surface area contributed by atoms with Gasteiger partial charge in [-0.05, 0) is 61.4 Å². The molecule has 40 heavy (non-hydrogen) atoms. The summed E-state index contributed by atoms with van der Waals surface area (Å²) in [5.74, 6) is 1.23. The molecule has 5 rings (SSSR count). The third kappa shape index (κ3) is 6.89. The van der Waals surface area contributed by atoms with Gasteiger partial charge in [0.25, 0.3) is 0 Å². The number of alkyl halides is 6. The minimum atomic E-state index is -4.35. The van der Waals surface area contributed by atoms with Crippen molar-refractivity contribution >= 4 is 17.2 Å². The standard InChI is InChI=1S/C28H29F6N5O/c29-27(30,31)19-1-5-21(6-2-19)37-22-9-13-39(14-10-22)25-17-26(36-18-35-25)40-24-11-15-38(16-12-24)23-7-3-20(4-8-23)28(32,33)34/h1-8,17-18,22,24,37H,9-16H2. The number of hydrogen-bond acceptors (Lipinski definition) is 6. The van der Waals surface area contributed by atoms with Crippen LogP contribution >= 0.6 is 0 Å².